The van der Waals surface area contributed by atoms with Crippen LogP contribution in [-0.4, -0.2) is 91.2 Å². The molecule has 0 spiro atoms. The molecule has 1 aromatic heterocycles. The number of methoxy groups -OCH3 is 1. The number of amides is 4. The maximum Gasteiger partial charge on any atom is 0.315 e. The molecule has 0 saturated carbocycles. The first-order chi connectivity index (χ1) is 21.8. The van der Waals surface area contributed by atoms with Crippen LogP contribution in [0.4, 0.5) is 4.79 Å². The molecule has 3 heterocycles. The summed E-state index contributed by atoms with van der Waals surface area (Å²) < 4.78 is 25.1. The lowest BCUT2D eigenvalue weighted by Crippen LogP contribution is -2.58. The summed E-state index contributed by atoms with van der Waals surface area (Å²) in [5.41, 5.74) is 1.70. The zero-order valence-electron chi connectivity index (χ0n) is 25.8. The third-order valence-electron chi connectivity index (χ3n) is 7.53. The molecule has 1 fully saturated rings. The zero-order chi connectivity index (χ0) is 31.8. The number of aromatic nitrogens is 2. The van der Waals surface area contributed by atoms with Crippen molar-refractivity contribution in [2.24, 2.45) is 0 Å². The number of hydrogen-bond donors (Lipinski definition) is 3. The second-order valence-corrected chi connectivity index (χ2v) is 11.2. The van der Waals surface area contributed by atoms with Crippen LogP contribution < -0.4 is 25.4 Å². The van der Waals surface area contributed by atoms with Gasteiger partial charge in [-0.3, -0.25) is 14.3 Å². The largest absolute Gasteiger partial charge is 0.491 e. The van der Waals surface area contributed by atoms with Crippen LogP contribution in [0.15, 0.2) is 54.9 Å². The van der Waals surface area contributed by atoms with Crippen LogP contribution in [0.3, 0.4) is 0 Å². The molecule has 1 saturated heterocycles. The number of hydrogen-bond acceptors (Lipinski definition) is 8. The number of nitrogens with zero attached hydrogens (tertiary/aromatic N) is 3. The quantitative estimate of drug-likeness (QED) is 0.357. The van der Waals surface area contributed by atoms with E-state index in [-0.39, 0.29) is 49.6 Å². The van der Waals surface area contributed by atoms with Gasteiger partial charge in [0.05, 0.1) is 37.1 Å². The molecule has 2 aliphatic rings. The van der Waals surface area contributed by atoms with Gasteiger partial charge in [0.15, 0.2) is 0 Å². The molecule has 13 nitrogen and oxygen atoms in total. The van der Waals surface area contributed by atoms with Crippen molar-refractivity contribution in [3.8, 4) is 17.2 Å². The van der Waals surface area contributed by atoms with E-state index < -0.39 is 6.10 Å². The Morgan fingerprint density at radius 3 is 2.73 bits per heavy atom. The Hall–Kier alpha value is -4.62. The number of ether oxygens (including phenoxy) is 4. The Bertz CT molecular complexity index is 1490. The van der Waals surface area contributed by atoms with Crippen molar-refractivity contribution >= 4 is 17.8 Å². The number of likely N-dealkylation sites (tertiary alicyclic amines) is 1. The van der Waals surface area contributed by atoms with E-state index in [1.54, 1.807) is 47.3 Å². The van der Waals surface area contributed by atoms with Crippen molar-refractivity contribution in [2.75, 3.05) is 46.5 Å². The monoisotopic (exact) mass is 620 g/mol. The van der Waals surface area contributed by atoms with E-state index in [0.717, 1.165) is 5.56 Å². The standard InChI is InChI=1S/C32H40N6O7/c1-21(2)38-18-24(17-35-38)31(40)37-10-7-28-29(19-37)44-20-22-5-4-6-25(13-22)45-27-15-23(14-26(16-27)43-12-11-42-3)30(39)33-8-9-34-32(41)36-28/h4-6,13-18,21,28-29H,7-12,19-20H2,1-3H3,(H,33,39)(H2,34,36,41)/t28-,29-/m0/s1. The van der Waals surface area contributed by atoms with E-state index in [1.165, 1.54) is 0 Å². The average Bonchev–Trinajstić information content (AvgIpc) is 3.53. The van der Waals surface area contributed by atoms with Crippen LogP contribution in [0.2, 0.25) is 0 Å². The minimum absolute atomic E-state index is 0.133. The van der Waals surface area contributed by atoms with E-state index in [0.29, 0.717) is 61.1 Å². The molecule has 3 aromatic rings. The Kier molecular flexibility index (Phi) is 10.5. The average molecular weight is 621 g/mol. The summed E-state index contributed by atoms with van der Waals surface area (Å²) in [6.45, 7) is 6.07. The fourth-order valence-electron chi connectivity index (χ4n) is 5.15. The van der Waals surface area contributed by atoms with Gasteiger partial charge in [-0.1, -0.05) is 12.1 Å². The van der Waals surface area contributed by atoms with Crippen LogP contribution in [0.5, 0.6) is 17.2 Å². The van der Waals surface area contributed by atoms with Crippen molar-refractivity contribution < 1.29 is 33.3 Å². The van der Waals surface area contributed by atoms with E-state index in [2.05, 4.69) is 21.0 Å². The van der Waals surface area contributed by atoms with Gasteiger partial charge >= 0.3 is 6.03 Å². The van der Waals surface area contributed by atoms with Gasteiger partial charge in [0, 0.05) is 57.2 Å². The first-order valence-electron chi connectivity index (χ1n) is 15.1. The van der Waals surface area contributed by atoms with E-state index in [1.807, 2.05) is 38.1 Å². The Morgan fingerprint density at radius 1 is 1.09 bits per heavy atom. The molecule has 45 heavy (non-hydrogen) atoms. The smallest absolute Gasteiger partial charge is 0.315 e. The number of fused-ring (bicyclic) bond motifs is 5. The summed E-state index contributed by atoms with van der Waals surface area (Å²) in [6.07, 6.45) is 3.37. The highest BCUT2D eigenvalue weighted by molar-refractivity contribution is 5.95. The van der Waals surface area contributed by atoms with Gasteiger partial charge in [0.25, 0.3) is 11.8 Å². The number of carbonyl (C=O) groups excluding carboxylic acids is 3. The minimum Gasteiger partial charge on any atom is -0.491 e. The highest BCUT2D eigenvalue weighted by atomic mass is 16.5. The lowest BCUT2D eigenvalue weighted by Gasteiger charge is -2.38. The van der Waals surface area contributed by atoms with Crippen molar-refractivity contribution in [1.82, 2.24) is 30.6 Å². The van der Waals surface area contributed by atoms with Crippen molar-refractivity contribution in [1.29, 1.82) is 0 Å². The first-order valence-corrected chi connectivity index (χ1v) is 15.1. The fraction of sp³-hybridized carbons (Fsp3) is 0.438. The number of piperidine rings is 1. The normalized spacial score (nSPS) is 19.2. The van der Waals surface area contributed by atoms with Gasteiger partial charge in [-0.05, 0) is 50.1 Å². The van der Waals surface area contributed by atoms with Gasteiger partial charge in [-0.2, -0.15) is 5.10 Å². The van der Waals surface area contributed by atoms with Crippen LogP contribution in [0, 0.1) is 0 Å². The molecule has 0 unspecified atom stereocenters. The molecule has 240 valence electrons. The summed E-state index contributed by atoms with van der Waals surface area (Å²) >= 11 is 0. The van der Waals surface area contributed by atoms with E-state index in [9.17, 15) is 14.4 Å². The summed E-state index contributed by atoms with van der Waals surface area (Å²) in [4.78, 5) is 40.9. The van der Waals surface area contributed by atoms with E-state index >= 15 is 0 Å². The zero-order valence-corrected chi connectivity index (χ0v) is 25.8. The third-order valence-corrected chi connectivity index (χ3v) is 7.53. The predicted octanol–water partition coefficient (Wildman–Crippen LogP) is 3.12. The molecular formula is C32H40N6O7. The molecular weight excluding hydrogens is 580 g/mol. The molecule has 2 aromatic carbocycles. The Morgan fingerprint density at radius 2 is 1.93 bits per heavy atom. The van der Waals surface area contributed by atoms with Gasteiger partial charge in [-0.15, -0.1) is 0 Å². The van der Waals surface area contributed by atoms with Crippen LogP contribution in [-0.2, 0) is 16.1 Å². The minimum atomic E-state index is -0.472. The maximum absolute atomic E-state index is 13.4. The molecule has 0 radical (unpaired) electrons. The van der Waals surface area contributed by atoms with Crippen LogP contribution >= 0.6 is 0 Å². The molecule has 3 N–H and O–H groups in total. The molecule has 4 amide bonds. The number of benzene rings is 2. The predicted molar refractivity (Wildman–Crippen MR) is 165 cm³/mol. The highest BCUT2D eigenvalue weighted by Gasteiger charge is 2.34. The molecule has 5 rings (SSSR count). The van der Waals surface area contributed by atoms with Crippen molar-refractivity contribution in [3.63, 3.8) is 0 Å². The number of nitrogens with one attached hydrogen (secondary N) is 3. The lowest BCUT2D eigenvalue weighted by molar-refractivity contribution is -0.0235. The molecule has 2 aliphatic heterocycles. The molecule has 2 atom stereocenters. The summed E-state index contributed by atoms with van der Waals surface area (Å²) in [6, 6.07) is 11.8. The third kappa shape index (κ3) is 8.52. The van der Waals surface area contributed by atoms with Crippen molar-refractivity contribution in [3.05, 3.63) is 71.5 Å². The number of carbonyl (C=O) groups is 3. The van der Waals surface area contributed by atoms with Gasteiger partial charge in [0.1, 0.15) is 23.9 Å². The van der Waals surface area contributed by atoms with Gasteiger partial charge < -0.3 is 39.8 Å². The number of urea groups is 1. The van der Waals surface area contributed by atoms with Gasteiger partial charge in [-0.25, -0.2) is 4.79 Å². The molecule has 4 bridgehead atoms. The lowest BCUT2D eigenvalue weighted by atomic mass is 10.0. The SMILES string of the molecule is COCCOc1cc2cc(c1)C(=O)NCCNC(=O)N[C@H]1CCN(C(=O)c3cnn(C(C)C)c3)C[C@@H]1OCc1cccc(c1)O2. The van der Waals surface area contributed by atoms with E-state index in [4.69, 9.17) is 18.9 Å². The number of rotatable bonds is 6. The summed E-state index contributed by atoms with van der Waals surface area (Å²) in [5, 5.41) is 12.9. The Labute approximate surface area is 262 Å². The second-order valence-electron chi connectivity index (χ2n) is 11.2. The highest BCUT2D eigenvalue weighted by Crippen LogP contribution is 2.29. The van der Waals surface area contributed by atoms with Crippen molar-refractivity contribution in [2.45, 2.75) is 45.1 Å². The fourth-order valence-corrected chi connectivity index (χ4v) is 5.15. The second kappa shape index (κ2) is 14.9. The van der Waals surface area contributed by atoms with Gasteiger partial charge in [0.2, 0.25) is 0 Å². The molecule has 13 heteroatoms. The maximum atomic E-state index is 13.4. The topological polar surface area (TPSA) is 145 Å². The first kappa shape index (κ1) is 31.8. The van der Waals surface area contributed by atoms with Crippen LogP contribution in [0.1, 0.15) is 52.6 Å². The summed E-state index contributed by atoms with van der Waals surface area (Å²) in [7, 11) is 1.58. The Balaban J connectivity index is 1.36. The van der Waals surface area contributed by atoms with Crippen LogP contribution in [0.25, 0.3) is 0 Å². The molecule has 0 aliphatic carbocycles. The summed E-state index contributed by atoms with van der Waals surface area (Å²) in [5.74, 6) is 0.966.